The van der Waals surface area contributed by atoms with Crippen LogP contribution in [0.15, 0.2) is 47.7 Å². The molecule has 0 spiro atoms. The van der Waals surface area contributed by atoms with Crippen LogP contribution in [0.3, 0.4) is 0 Å². The number of hydrogen-bond acceptors (Lipinski definition) is 3. The highest BCUT2D eigenvalue weighted by molar-refractivity contribution is 14.0. The van der Waals surface area contributed by atoms with Crippen LogP contribution in [0.5, 0.6) is 0 Å². The molecule has 0 amide bonds. The summed E-state index contributed by atoms with van der Waals surface area (Å²) in [5, 5.41) is 11.2. The first-order chi connectivity index (χ1) is 14.7. The Kier molecular flexibility index (Phi) is 12.0. The Morgan fingerprint density at radius 3 is 2.58 bits per heavy atom. The molecular formula is C24H39IN6. The topological polar surface area (TPSA) is 57.5 Å². The van der Waals surface area contributed by atoms with Crippen LogP contribution in [0.1, 0.15) is 50.7 Å². The fraction of sp³-hybridized carbons (Fsp3) is 0.583. The highest BCUT2D eigenvalue weighted by Crippen LogP contribution is 2.16. The lowest BCUT2D eigenvalue weighted by Crippen LogP contribution is -2.38. The highest BCUT2D eigenvalue weighted by Gasteiger charge is 2.14. The van der Waals surface area contributed by atoms with Gasteiger partial charge >= 0.3 is 0 Å². The number of benzene rings is 1. The number of guanidine groups is 1. The van der Waals surface area contributed by atoms with Crippen LogP contribution in [-0.2, 0) is 13.1 Å². The van der Waals surface area contributed by atoms with E-state index < -0.39 is 0 Å². The number of aliphatic imine (C=N–C) groups is 1. The van der Waals surface area contributed by atoms with Crippen LogP contribution in [0.25, 0.3) is 0 Å². The zero-order valence-electron chi connectivity index (χ0n) is 19.1. The number of halogens is 1. The van der Waals surface area contributed by atoms with Crippen molar-refractivity contribution in [1.29, 1.82) is 0 Å². The summed E-state index contributed by atoms with van der Waals surface area (Å²) >= 11 is 0. The van der Waals surface area contributed by atoms with Gasteiger partial charge in [-0.1, -0.05) is 31.2 Å². The lowest BCUT2D eigenvalue weighted by Gasteiger charge is -2.30. The Balaban J connectivity index is 0.00000341. The Morgan fingerprint density at radius 1 is 1.10 bits per heavy atom. The molecule has 0 radical (unpaired) electrons. The van der Waals surface area contributed by atoms with Crippen molar-refractivity contribution in [2.75, 3.05) is 32.7 Å². The third kappa shape index (κ3) is 9.19. The van der Waals surface area contributed by atoms with Crippen molar-refractivity contribution < 1.29 is 0 Å². The molecule has 31 heavy (non-hydrogen) atoms. The maximum Gasteiger partial charge on any atom is 0.191 e. The standard InChI is InChI=1S/C24H38N6.HI/c1-3-25-24(26-13-6-7-15-29-17-11-21(2)12-18-29)27-19-22-9-4-5-10-23(22)20-30-16-8-14-28-30;/h4-5,8-10,14,16,21H,3,6-7,11-13,15,17-20H2,1-2H3,(H2,25,26,27);1H. The Hall–Kier alpha value is -1.61. The number of piperidine rings is 1. The molecule has 1 aliphatic rings. The molecule has 0 aliphatic carbocycles. The molecule has 1 saturated heterocycles. The largest absolute Gasteiger partial charge is 0.357 e. The van der Waals surface area contributed by atoms with Gasteiger partial charge in [0.05, 0.1) is 13.1 Å². The van der Waals surface area contributed by atoms with Gasteiger partial charge in [0.2, 0.25) is 0 Å². The summed E-state index contributed by atoms with van der Waals surface area (Å²) in [4.78, 5) is 7.44. The summed E-state index contributed by atoms with van der Waals surface area (Å²) in [7, 11) is 0. The van der Waals surface area contributed by atoms with E-state index in [-0.39, 0.29) is 24.0 Å². The molecule has 1 aromatic carbocycles. The highest BCUT2D eigenvalue weighted by atomic mass is 127. The number of nitrogens with zero attached hydrogens (tertiary/aromatic N) is 4. The van der Waals surface area contributed by atoms with Gasteiger partial charge in [-0.05, 0) is 75.4 Å². The van der Waals surface area contributed by atoms with Gasteiger partial charge in [-0.25, -0.2) is 4.99 Å². The van der Waals surface area contributed by atoms with E-state index in [1.807, 2.05) is 23.1 Å². The summed E-state index contributed by atoms with van der Waals surface area (Å²) in [5.41, 5.74) is 2.50. The summed E-state index contributed by atoms with van der Waals surface area (Å²) in [5.74, 6) is 1.81. The molecule has 0 atom stereocenters. The molecule has 1 fully saturated rings. The van der Waals surface area contributed by atoms with Gasteiger partial charge in [-0.3, -0.25) is 4.68 Å². The molecule has 6 nitrogen and oxygen atoms in total. The normalized spacial score (nSPS) is 15.5. The molecule has 172 valence electrons. The zero-order valence-corrected chi connectivity index (χ0v) is 21.4. The Labute approximate surface area is 204 Å². The van der Waals surface area contributed by atoms with Crippen molar-refractivity contribution in [1.82, 2.24) is 25.3 Å². The monoisotopic (exact) mass is 538 g/mol. The molecule has 2 aromatic rings. The molecule has 1 aromatic heterocycles. The molecule has 2 N–H and O–H groups in total. The number of aromatic nitrogens is 2. The predicted molar refractivity (Wildman–Crippen MR) is 140 cm³/mol. The third-order valence-corrected chi connectivity index (χ3v) is 5.83. The van der Waals surface area contributed by atoms with Crippen LogP contribution in [0, 0.1) is 5.92 Å². The first-order valence-electron chi connectivity index (χ1n) is 11.5. The van der Waals surface area contributed by atoms with E-state index in [2.05, 4.69) is 58.7 Å². The van der Waals surface area contributed by atoms with E-state index in [0.29, 0.717) is 6.54 Å². The molecule has 0 bridgehead atoms. The summed E-state index contributed by atoms with van der Waals surface area (Å²) in [6, 6.07) is 10.4. The average molecular weight is 539 g/mol. The second-order valence-corrected chi connectivity index (χ2v) is 8.33. The van der Waals surface area contributed by atoms with Gasteiger partial charge in [0.25, 0.3) is 0 Å². The summed E-state index contributed by atoms with van der Waals surface area (Å²) in [6.07, 6.45) is 8.95. The maximum atomic E-state index is 4.82. The second kappa shape index (κ2) is 14.5. The van der Waals surface area contributed by atoms with Crippen molar-refractivity contribution in [3.05, 3.63) is 53.9 Å². The number of hydrogen-bond donors (Lipinski definition) is 2. The van der Waals surface area contributed by atoms with E-state index in [1.54, 1.807) is 0 Å². The molecule has 2 heterocycles. The van der Waals surface area contributed by atoms with Crippen molar-refractivity contribution in [2.45, 2.75) is 52.6 Å². The minimum absolute atomic E-state index is 0. The summed E-state index contributed by atoms with van der Waals surface area (Å²) in [6.45, 7) is 11.5. The lowest BCUT2D eigenvalue weighted by molar-refractivity contribution is 0.189. The van der Waals surface area contributed by atoms with Gasteiger partial charge in [-0.2, -0.15) is 5.10 Å². The molecule has 0 unspecified atom stereocenters. The van der Waals surface area contributed by atoms with Crippen molar-refractivity contribution >= 4 is 29.9 Å². The van der Waals surface area contributed by atoms with Crippen LogP contribution >= 0.6 is 24.0 Å². The zero-order chi connectivity index (χ0) is 21.0. The maximum absolute atomic E-state index is 4.82. The number of nitrogens with one attached hydrogen (secondary N) is 2. The number of likely N-dealkylation sites (tertiary alicyclic amines) is 1. The van der Waals surface area contributed by atoms with Crippen LogP contribution in [0.2, 0.25) is 0 Å². The molecule has 1 aliphatic heterocycles. The Morgan fingerprint density at radius 2 is 1.87 bits per heavy atom. The number of unbranched alkanes of at least 4 members (excludes halogenated alkanes) is 1. The molecular weight excluding hydrogens is 499 g/mol. The Bertz CT molecular complexity index is 753. The average Bonchev–Trinajstić information content (AvgIpc) is 3.27. The predicted octanol–water partition coefficient (Wildman–Crippen LogP) is 4.12. The van der Waals surface area contributed by atoms with Gasteiger partial charge in [0, 0.05) is 25.5 Å². The lowest BCUT2D eigenvalue weighted by atomic mass is 9.99. The fourth-order valence-electron chi connectivity index (χ4n) is 3.89. The molecule has 0 saturated carbocycles. The van der Waals surface area contributed by atoms with Crippen molar-refractivity contribution in [3.63, 3.8) is 0 Å². The van der Waals surface area contributed by atoms with Crippen LogP contribution in [0.4, 0.5) is 0 Å². The van der Waals surface area contributed by atoms with E-state index in [1.165, 1.54) is 56.4 Å². The minimum atomic E-state index is 0. The number of rotatable bonds is 10. The van der Waals surface area contributed by atoms with E-state index in [4.69, 9.17) is 4.99 Å². The van der Waals surface area contributed by atoms with E-state index >= 15 is 0 Å². The van der Waals surface area contributed by atoms with E-state index in [0.717, 1.165) is 31.5 Å². The van der Waals surface area contributed by atoms with Gasteiger partial charge in [-0.15, -0.1) is 24.0 Å². The van der Waals surface area contributed by atoms with Gasteiger partial charge < -0.3 is 15.5 Å². The van der Waals surface area contributed by atoms with Crippen molar-refractivity contribution in [2.24, 2.45) is 10.9 Å². The quantitative estimate of drug-likeness (QED) is 0.207. The fourth-order valence-corrected chi connectivity index (χ4v) is 3.89. The molecule has 7 heteroatoms. The first kappa shape index (κ1) is 25.6. The third-order valence-electron chi connectivity index (χ3n) is 5.83. The second-order valence-electron chi connectivity index (χ2n) is 8.33. The van der Waals surface area contributed by atoms with Crippen molar-refractivity contribution in [3.8, 4) is 0 Å². The SMILES string of the molecule is CCNC(=NCc1ccccc1Cn1cccn1)NCCCCN1CCC(C)CC1.I. The van der Waals surface area contributed by atoms with Crippen LogP contribution < -0.4 is 10.6 Å². The smallest absolute Gasteiger partial charge is 0.191 e. The molecule has 3 rings (SSSR count). The summed E-state index contributed by atoms with van der Waals surface area (Å²) < 4.78 is 1.95. The van der Waals surface area contributed by atoms with E-state index in [9.17, 15) is 0 Å². The van der Waals surface area contributed by atoms with Crippen LogP contribution in [-0.4, -0.2) is 53.4 Å². The first-order valence-corrected chi connectivity index (χ1v) is 11.5. The van der Waals surface area contributed by atoms with Gasteiger partial charge in [0.1, 0.15) is 0 Å². The minimum Gasteiger partial charge on any atom is -0.357 e. The van der Waals surface area contributed by atoms with Gasteiger partial charge in [0.15, 0.2) is 5.96 Å².